The number of nitrogens with one attached hydrogen (secondary N) is 1. The molecule has 1 nitrogen and oxygen atoms in total. The zero-order valence-electron chi connectivity index (χ0n) is 12.8. The van der Waals surface area contributed by atoms with Crippen LogP contribution in [0.2, 0.25) is 5.02 Å². The summed E-state index contributed by atoms with van der Waals surface area (Å²) in [5, 5.41) is 4.40. The van der Waals surface area contributed by atoms with Gasteiger partial charge in [-0.3, -0.25) is 0 Å². The highest BCUT2D eigenvalue weighted by molar-refractivity contribution is 6.31. The smallest absolute Gasteiger partial charge is 0.0441 e. The van der Waals surface area contributed by atoms with Crippen LogP contribution in [0, 0.1) is 12.8 Å². The van der Waals surface area contributed by atoms with Crippen LogP contribution in [-0.4, -0.2) is 13.1 Å². The summed E-state index contributed by atoms with van der Waals surface area (Å²) in [7, 11) is 2.07. The molecule has 0 amide bonds. The quantitative estimate of drug-likeness (QED) is 0.707. The van der Waals surface area contributed by atoms with E-state index in [0.717, 1.165) is 17.4 Å². The average molecular weight is 282 g/mol. The van der Waals surface area contributed by atoms with Crippen LogP contribution in [0.5, 0.6) is 0 Å². The predicted octanol–water partition coefficient (Wildman–Crippen LogP) is 5.00. The largest absolute Gasteiger partial charge is 0.316 e. The topological polar surface area (TPSA) is 12.0 Å². The molecule has 1 N–H and O–H groups in total. The Morgan fingerprint density at radius 3 is 2.53 bits per heavy atom. The lowest BCUT2D eigenvalue weighted by Crippen LogP contribution is -2.35. The second kappa shape index (κ2) is 8.60. The van der Waals surface area contributed by atoms with Gasteiger partial charge in [0, 0.05) is 11.1 Å². The standard InChI is InChI=1S/C17H28ClN/c1-5-7-8-14(6-2)17(19-4)12-15-10-9-13(3)11-16(15)18/h9-11,14,17,19H,5-8,12H2,1-4H3. The summed E-state index contributed by atoms with van der Waals surface area (Å²) in [6.45, 7) is 6.64. The number of benzene rings is 1. The molecule has 19 heavy (non-hydrogen) atoms. The van der Waals surface area contributed by atoms with E-state index in [-0.39, 0.29) is 0 Å². The van der Waals surface area contributed by atoms with Gasteiger partial charge < -0.3 is 5.32 Å². The molecule has 0 fully saturated rings. The van der Waals surface area contributed by atoms with E-state index in [1.165, 1.54) is 36.8 Å². The van der Waals surface area contributed by atoms with Crippen LogP contribution in [0.25, 0.3) is 0 Å². The Kier molecular flexibility index (Phi) is 7.48. The molecule has 0 aliphatic carbocycles. The van der Waals surface area contributed by atoms with E-state index in [2.05, 4.69) is 51.3 Å². The summed E-state index contributed by atoms with van der Waals surface area (Å²) in [6.07, 6.45) is 6.16. The van der Waals surface area contributed by atoms with Crippen LogP contribution < -0.4 is 5.32 Å². The monoisotopic (exact) mass is 281 g/mol. The first-order valence-electron chi connectivity index (χ1n) is 7.54. The van der Waals surface area contributed by atoms with Crippen molar-refractivity contribution in [2.24, 2.45) is 5.92 Å². The molecule has 2 atom stereocenters. The zero-order valence-corrected chi connectivity index (χ0v) is 13.6. The van der Waals surface area contributed by atoms with Crippen molar-refractivity contribution in [3.63, 3.8) is 0 Å². The number of rotatable bonds is 8. The summed E-state index contributed by atoms with van der Waals surface area (Å²) in [6, 6.07) is 6.92. The molecule has 0 radical (unpaired) electrons. The van der Waals surface area contributed by atoms with Crippen LogP contribution in [0.1, 0.15) is 50.7 Å². The number of likely N-dealkylation sites (N-methyl/N-ethyl adjacent to an activating group) is 1. The Morgan fingerprint density at radius 2 is 2.00 bits per heavy atom. The molecule has 2 heteroatoms. The van der Waals surface area contributed by atoms with E-state index in [0.29, 0.717) is 6.04 Å². The van der Waals surface area contributed by atoms with Crippen molar-refractivity contribution in [3.05, 3.63) is 34.3 Å². The summed E-state index contributed by atoms with van der Waals surface area (Å²) in [4.78, 5) is 0. The SMILES string of the molecule is CCCCC(CC)C(Cc1ccc(C)cc1Cl)NC. The van der Waals surface area contributed by atoms with Gasteiger partial charge in [0.05, 0.1) is 0 Å². The van der Waals surface area contributed by atoms with E-state index < -0.39 is 0 Å². The average Bonchev–Trinajstić information content (AvgIpc) is 2.40. The third kappa shape index (κ3) is 5.16. The van der Waals surface area contributed by atoms with Gasteiger partial charge in [-0.25, -0.2) is 0 Å². The number of aryl methyl sites for hydroxylation is 1. The number of hydrogen-bond donors (Lipinski definition) is 1. The van der Waals surface area contributed by atoms with Crippen molar-refractivity contribution in [2.45, 2.75) is 58.9 Å². The molecule has 108 valence electrons. The van der Waals surface area contributed by atoms with Gasteiger partial charge in [-0.1, -0.05) is 56.8 Å². The molecule has 0 aromatic heterocycles. The fourth-order valence-corrected chi connectivity index (χ4v) is 3.03. The Balaban J connectivity index is 2.73. The third-order valence-corrected chi connectivity index (χ3v) is 4.39. The van der Waals surface area contributed by atoms with Gasteiger partial charge in [0.2, 0.25) is 0 Å². The molecule has 0 bridgehead atoms. The maximum Gasteiger partial charge on any atom is 0.0441 e. The third-order valence-electron chi connectivity index (χ3n) is 4.04. The maximum atomic E-state index is 6.36. The van der Waals surface area contributed by atoms with Crippen LogP contribution in [0.4, 0.5) is 0 Å². The van der Waals surface area contributed by atoms with Gasteiger partial charge in [0.25, 0.3) is 0 Å². The van der Waals surface area contributed by atoms with Gasteiger partial charge in [-0.2, -0.15) is 0 Å². The van der Waals surface area contributed by atoms with Crippen molar-refractivity contribution < 1.29 is 0 Å². The second-order valence-corrected chi connectivity index (χ2v) is 5.91. The van der Waals surface area contributed by atoms with E-state index in [1.54, 1.807) is 0 Å². The fourth-order valence-electron chi connectivity index (χ4n) is 2.72. The van der Waals surface area contributed by atoms with Crippen LogP contribution in [-0.2, 0) is 6.42 Å². The first-order chi connectivity index (χ1) is 9.12. The van der Waals surface area contributed by atoms with Crippen molar-refractivity contribution in [1.82, 2.24) is 5.32 Å². The first kappa shape index (κ1) is 16.5. The molecule has 0 aliphatic rings. The minimum absolute atomic E-state index is 0.525. The van der Waals surface area contributed by atoms with E-state index in [9.17, 15) is 0 Å². The van der Waals surface area contributed by atoms with Crippen molar-refractivity contribution in [1.29, 1.82) is 0 Å². The van der Waals surface area contributed by atoms with E-state index in [4.69, 9.17) is 11.6 Å². The zero-order chi connectivity index (χ0) is 14.3. The Morgan fingerprint density at radius 1 is 1.26 bits per heavy atom. The highest BCUT2D eigenvalue weighted by Crippen LogP contribution is 2.24. The summed E-state index contributed by atoms with van der Waals surface area (Å²) < 4.78 is 0. The highest BCUT2D eigenvalue weighted by atomic mass is 35.5. The number of hydrogen-bond acceptors (Lipinski definition) is 1. The Hall–Kier alpha value is -0.530. The Bertz CT molecular complexity index is 376. The van der Waals surface area contributed by atoms with Gasteiger partial charge >= 0.3 is 0 Å². The molecule has 1 aromatic rings. The first-order valence-corrected chi connectivity index (χ1v) is 7.92. The molecule has 0 saturated heterocycles. The second-order valence-electron chi connectivity index (χ2n) is 5.50. The lowest BCUT2D eigenvalue weighted by Gasteiger charge is -2.26. The summed E-state index contributed by atoms with van der Waals surface area (Å²) >= 11 is 6.36. The lowest BCUT2D eigenvalue weighted by molar-refractivity contribution is 0.330. The van der Waals surface area contributed by atoms with Gasteiger partial charge in [-0.05, 0) is 49.9 Å². The molecular formula is C17H28ClN. The van der Waals surface area contributed by atoms with Crippen LogP contribution in [0.3, 0.4) is 0 Å². The van der Waals surface area contributed by atoms with Gasteiger partial charge in [0.1, 0.15) is 0 Å². The van der Waals surface area contributed by atoms with Crippen molar-refractivity contribution in [3.8, 4) is 0 Å². The Labute approximate surface area is 123 Å². The number of halogens is 1. The molecule has 0 aliphatic heterocycles. The predicted molar refractivity (Wildman–Crippen MR) is 86.0 cm³/mol. The van der Waals surface area contributed by atoms with Crippen LogP contribution >= 0.6 is 11.6 Å². The van der Waals surface area contributed by atoms with Crippen LogP contribution in [0.15, 0.2) is 18.2 Å². The lowest BCUT2D eigenvalue weighted by atomic mass is 9.87. The number of unbranched alkanes of at least 4 members (excludes halogenated alkanes) is 1. The molecule has 0 saturated carbocycles. The normalized spacial score (nSPS) is 14.4. The molecule has 0 spiro atoms. The van der Waals surface area contributed by atoms with E-state index >= 15 is 0 Å². The molecule has 1 aromatic carbocycles. The molecule has 0 heterocycles. The minimum Gasteiger partial charge on any atom is -0.316 e. The van der Waals surface area contributed by atoms with Crippen molar-refractivity contribution >= 4 is 11.6 Å². The van der Waals surface area contributed by atoms with Gasteiger partial charge in [0.15, 0.2) is 0 Å². The fraction of sp³-hybridized carbons (Fsp3) is 0.647. The molecule has 2 unspecified atom stereocenters. The molecular weight excluding hydrogens is 254 g/mol. The summed E-state index contributed by atoms with van der Waals surface area (Å²) in [5.41, 5.74) is 2.49. The maximum absolute atomic E-state index is 6.36. The van der Waals surface area contributed by atoms with Crippen molar-refractivity contribution in [2.75, 3.05) is 7.05 Å². The molecule has 1 rings (SSSR count). The van der Waals surface area contributed by atoms with Gasteiger partial charge in [-0.15, -0.1) is 0 Å². The van der Waals surface area contributed by atoms with E-state index in [1.807, 2.05) is 0 Å². The highest BCUT2D eigenvalue weighted by Gasteiger charge is 2.19. The minimum atomic E-state index is 0.525. The summed E-state index contributed by atoms with van der Waals surface area (Å²) in [5.74, 6) is 0.738.